The largest absolute Gasteiger partial charge is 0.396 e. The molecule has 0 atom stereocenters. The van der Waals surface area contributed by atoms with Crippen LogP contribution in [0.15, 0.2) is 60.7 Å². The summed E-state index contributed by atoms with van der Waals surface area (Å²) in [7, 11) is 5.51. The molecule has 0 aromatic heterocycles. The second-order valence-electron chi connectivity index (χ2n) is 17.7. The van der Waals surface area contributed by atoms with Crippen LogP contribution in [0.1, 0.15) is 94.3 Å². The number of ether oxygens (including phenoxy) is 1. The molecule has 0 bridgehead atoms. The highest BCUT2D eigenvalue weighted by molar-refractivity contribution is 6.05. The van der Waals surface area contributed by atoms with Crippen LogP contribution in [-0.2, 0) is 30.7 Å². The molecule has 11 nitrogen and oxygen atoms in total. The van der Waals surface area contributed by atoms with Gasteiger partial charge in [-0.05, 0) is 124 Å². The summed E-state index contributed by atoms with van der Waals surface area (Å²) in [5.41, 5.74) is 8.62. The lowest BCUT2D eigenvalue weighted by molar-refractivity contribution is 0.0887. The first-order chi connectivity index (χ1) is 32.0. The topological polar surface area (TPSA) is 140 Å². The van der Waals surface area contributed by atoms with Crippen molar-refractivity contribution in [2.75, 3.05) is 70.4 Å². The number of amides is 2. The highest BCUT2D eigenvalue weighted by Gasteiger charge is 2.46. The minimum atomic E-state index is -0.736. The molecular formula is C50H60F6N6O5. The third kappa shape index (κ3) is 11.8. The van der Waals surface area contributed by atoms with Gasteiger partial charge >= 0.3 is 6.03 Å². The Kier molecular flexibility index (Phi) is 17.1. The van der Waals surface area contributed by atoms with E-state index in [4.69, 9.17) is 15.6 Å². The molecule has 4 aromatic rings. The van der Waals surface area contributed by atoms with Crippen molar-refractivity contribution in [1.29, 1.82) is 0 Å². The Morgan fingerprint density at radius 1 is 0.701 bits per heavy atom. The van der Waals surface area contributed by atoms with E-state index in [2.05, 4.69) is 15.5 Å². The van der Waals surface area contributed by atoms with Gasteiger partial charge in [0.2, 0.25) is 0 Å². The predicted molar refractivity (Wildman–Crippen MR) is 244 cm³/mol. The number of nitrogens with zero attached hydrogens (tertiary/aromatic N) is 3. The Hall–Kier alpha value is -5.49. The first-order valence-electron chi connectivity index (χ1n) is 22.7. The summed E-state index contributed by atoms with van der Waals surface area (Å²) in [6, 6.07) is 13.0. The van der Waals surface area contributed by atoms with Crippen LogP contribution in [-0.4, -0.2) is 99.3 Å². The number of halogens is 6. The van der Waals surface area contributed by atoms with E-state index in [-0.39, 0.29) is 67.1 Å². The lowest BCUT2D eigenvalue weighted by Crippen LogP contribution is -2.59. The minimum absolute atomic E-state index is 0.0736. The van der Waals surface area contributed by atoms with Crippen LogP contribution in [0.5, 0.6) is 0 Å². The van der Waals surface area contributed by atoms with Crippen molar-refractivity contribution >= 4 is 29.0 Å². The number of carbonyl (C=O) groups is 3. The Bertz CT molecular complexity index is 2410. The summed E-state index contributed by atoms with van der Waals surface area (Å²) in [6.45, 7) is 3.17. The molecule has 17 heteroatoms. The number of aliphatic hydroxyl groups excluding tert-OH is 1. The van der Waals surface area contributed by atoms with Gasteiger partial charge in [0.05, 0.1) is 5.54 Å². The maximum absolute atomic E-state index is 14.2. The molecule has 8 rings (SSSR count). The molecule has 2 fully saturated rings. The Morgan fingerprint density at radius 3 is 1.69 bits per heavy atom. The number of hydrogen-bond donors (Lipinski definition) is 4. The van der Waals surface area contributed by atoms with E-state index < -0.39 is 34.6 Å². The van der Waals surface area contributed by atoms with Gasteiger partial charge in [0, 0.05) is 125 Å². The molecule has 2 saturated heterocycles. The number of hydrogen-bond acceptors (Lipinski definition) is 9. The number of aryl methyl sites for hydroxylation is 2. The van der Waals surface area contributed by atoms with Crippen LogP contribution in [0.3, 0.4) is 0 Å². The number of fused-ring (bicyclic) bond motifs is 2. The number of methoxy groups -OCH3 is 1. The van der Waals surface area contributed by atoms with Crippen molar-refractivity contribution in [3.63, 3.8) is 0 Å². The summed E-state index contributed by atoms with van der Waals surface area (Å²) in [5, 5.41) is 15.0. The van der Waals surface area contributed by atoms with Gasteiger partial charge in [-0.3, -0.25) is 9.59 Å². The maximum Gasteiger partial charge on any atom is 0.317 e. The van der Waals surface area contributed by atoms with Crippen molar-refractivity contribution in [3.8, 4) is 0 Å². The van der Waals surface area contributed by atoms with E-state index in [1.165, 1.54) is 36.4 Å². The zero-order valence-electron chi connectivity index (χ0n) is 38.3. The molecule has 4 aliphatic rings. The molecule has 0 unspecified atom stereocenters. The van der Waals surface area contributed by atoms with Gasteiger partial charge in [-0.15, -0.1) is 0 Å². The number of carbonyl (C=O) groups excluding carboxylic acids is 3. The van der Waals surface area contributed by atoms with Crippen molar-refractivity contribution in [3.05, 3.63) is 129 Å². The van der Waals surface area contributed by atoms with E-state index >= 15 is 0 Å². The summed E-state index contributed by atoms with van der Waals surface area (Å²) < 4.78 is 86.2. The molecular weight excluding hydrogens is 879 g/mol. The van der Waals surface area contributed by atoms with Gasteiger partial charge in [0.15, 0.2) is 11.6 Å². The first kappa shape index (κ1) is 50.9. The minimum Gasteiger partial charge on any atom is -0.396 e. The second kappa shape index (κ2) is 22.5. The summed E-state index contributed by atoms with van der Waals surface area (Å²) in [5.74, 6) is -3.30. The van der Waals surface area contributed by atoms with Crippen LogP contribution < -0.4 is 26.2 Å². The van der Waals surface area contributed by atoms with Crippen molar-refractivity contribution in [1.82, 2.24) is 15.5 Å². The van der Waals surface area contributed by atoms with Crippen LogP contribution in [0.25, 0.3) is 0 Å². The van der Waals surface area contributed by atoms with Gasteiger partial charge in [-0.25, -0.2) is 31.1 Å². The molecule has 67 heavy (non-hydrogen) atoms. The predicted octanol–water partition coefficient (Wildman–Crippen LogP) is 7.77. The zero-order chi connectivity index (χ0) is 48.5. The van der Waals surface area contributed by atoms with Crippen molar-refractivity contribution < 1.29 is 50.6 Å². The lowest BCUT2D eigenvalue weighted by atomic mass is 9.77. The van der Waals surface area contributed by atoms with Crippen molar-refractivity contribution in [2.24, 2.45) is 5.73 Å². The van der Waals surface area contributed by atoms with Crippen LogP contribution in [0.2, 0.25) is 0 Å². The number of rotatable bonds is 10. The number of likely N-dealkylation sites (tertiary alicyclic amines) is 1. The van der Waals surface area contributed by atoms with E-state index in [0.29, 0.717) is 91.7 Å². The lowest BCUT2D eigenvalue weighted by Gasteiger charge is -2.50. The summed E-state index contributed by atoms with van der Waals surface area (Å²) in [6.07, 6.45) is 5.70. The first-order valence-corrected chi connectivity index (χ1v) is 22.7. The SMILES string of the molecule is CN1c2ccc(F)cc2C(=O)CC12CCN(C(=O)NCc1cc(CCCO)c(F)cc1F)CC2.CN1c2ccc(F)cc2C(=O)CC12CCNCC2.COCCCc1cc(CN)c(F)cc1F. The van der Waals surface area contributed by atoms with Crippen LogP contribution >= 0.6 is 0 Å². The fourth-order valence-electron chi connectivity index (χ4n) is 9.55. The average Bonchev–Trinajstić information content (AvgIpc) is 3.31. The van der Waals surface area contributed by atoms with E-state index in [9.17, 15) is 40.7 Å². The molecule has 2 amide bonds. The van der Waals surface area contributed by atoms with Crippen molar-refractivity contribution in [2.45, 2.75) is 88.4 Å². The van der Waals surface area contributed by atoms with E-state index in [0.717, 1.165) is 43.8 Å². The Labute approximate surface area is 387 Å². The standard InChI is InChI=1S/C25H28F3N3O3.C14H17FN2O.C11H15F2NO/c1-30-22-5-4-18(26)12-19(22)23(33)14-25(30)6-8-31(9-7-25)24(34)29-15-17-11-16(3-2-10-32)20(27)13-21(17)28;1-17-12-3-2-10(15)8-11(12)13(18)9-14(17)4-6-16-7-5-14;1-15-4-2-3-8-5-9(7-14)11(13)6-10(8)12/h4-5,11-13,32H,2-3,6-10,14-15H2,1H3,(H,29,34);2-3,8,16H,4-7,9H2,1H3;5-6H,2-4,7,14H2,1H3. The quantitative estimate of drug-likeness (QED) is 0.0928. The third-order valence-corrected chi connectivity index (χ3v) is 13.6. The maximum atomic E-state index is 14.2. The van der Waals surface area contributed by atoms with Gasteiger partial charge in [-0.2, -0.15) is 0 Å². The highest BCUT2D eigenvalue weighted by Crippen LogP contribution is 2.43. The summed E-state index contributed by atoms with van der Waals surface area (Å²) >= 11 is 0. The molecule has 4 aromatic carbocycles. The summed E-state index contributed by atoms with van der Waals surface area (Å²) in [4.78, 5) is 43.5. The number of piperidine rings is 2. The van der Waals surface area contributed by atoms with Gasteiger partial charge in [-0.1, -0.05) is 0 Å². The van der Waals surface area contributed by atoms with Crippen LogP contribution in [0, 0.1) is 34.9 Å². The fourth-order valence-corrected chi connectivity index (χ4v) is 9.55. The van der Waals surface area contributed by atoms with Gasteiger partial charge in [0.1, 0.15) is 34.9 Å². The van der Waals surface area contributed by atoms with Gasteiger partial charge < -0.3 is 40.9 Å². The van der Waals surface area contributed by atoms with E-state index in [1.807, 2.05) is 19.0 Å². The Balaban J connectivity index is 0.000000187. The molecule has 0 aliphatic carbocycles. The molecule has 0 radical (unpaired) electrons. The number of benzene rings is 4. The molecule has 5 N–H and O–H groups in total. The monoisotopic (exact) mass is 938 g/mol. The molecule has 362 valence electrons. The third-order valence-electron chi connectivity index (χ3n) is 13.6. The molecule has 4 aliphatic heterocycles. The molecule has 0 saturated carbocycles. The number of urea groups is 1. The Morgan fingerprint density at radius 2 is 1.18 bits per heavy atom. The average molecular weight is 939 g/mol. The van der Waals surface area contributed by atoms with E-state index in [1.54, 1.807) is 24.1 Å². The number of anilines is 2. The molecule has 4 heterocycles. The number of nitrogens with one attached hydrogen (secondary N) is 2. The fraction of sp³-hybridized carbons (Fsp3) is 0.460. The second-order valence-corrected chi connectivity index (χ2v) is 17.7. The number of Topliss-reactive ketones (excluding diaryl/α,β-unsaturated/α-hetero) is 2. The number of ketones is 2. The zero-order valence-corrected chi connectivity index (χ0v) is 38.3. The number of aliphatic hydroxyl groups is 1. The van der Waals surface area contributed by atoms with Crippen LogP contribution in [0.4, 0.5) is 42.5 Å². The molecule has 2 spiro atoms. The number of nitrogens with two attached hydrogens (primary N) is 1. The normalized spacial score (nSPS) is 17.0. The highest BCUT2D eigenvalue weighted by atomic mass is 19.2. The smallest absolute Gasteiger partial charge is 0.317 e. The van der Waals surface area contributed by atoms with Gasteiger partial charge in [0.25, 0.3) is 0 Å².